The maximum absolute atomic E-state index is 11.8. The molecule has 2 fully saturated rings. The first-order valence-corrected chi connectivity index (χ1v) is 8.37. The quantitative estimate of drug-likeness (QED) is 0.499. The van der Waals surface area contributed by atoms with E-state index in [2.05, 4.69) is 10.6 Å². The Labute approximate surface area is 126 Å². The third kappa shape index (κ3) is 5.21. The Morgan fingerprint density at radius 1 is 1.05 bits per heavy atom. The standard InChI is InChI=1S/C16H28N2O3/c19-14(20)16(9-3-1-2-4-10-16)12-18-15(21)17-11-5-6-13-7-8-13/h13H,1-12H2,(H,19,20)(H2,17,18,21). The van der Waals surface area contributed by atoms with Crippen LogP contribution >= 0.6 is 0 Å². The van der Waals surface area contributed by atoms with Gasteiger partial charge in [0.05, 0.1) is 5.41 Å². The largest absolute Gasteiger partial charge is 0.481 e. The molecule has 0 radical (unpaired) electrons. The topological polar surface area (TPSA) is 78.4 Å². The van der Waals surface area contributed by atoms with Crippen LogP contribution in [0.5, 0.6) is 0 Å². The van der Waals surface area contributed by atoms with Gasteiger partial charge in [-0.05, 0) is 31.6 Å². The van der Waals surface area contributed by atoms with Crippen molar-refractivity contribution >= 4 is 12.0 Å². The highest BCUT2D eigenvalue weighted by molar-refractivity contribution is 5.78. The summed E-state index contributed by atoms with van der Waals surface area (Å²) in [6.07, 6.45) is 10.3. The molecule has 0 spiro atoms. The Morgan fingerprint density at radius 3 is 2.29 bits per heavy atom. The van der Waals surface area contributed by atoms with E-state index in [-0.39, 0.29) is 12.6 Å². The van der Waals surface area contributed by atoms with E-state index in [1.54, 1.807) is 0 Å². The lowest BCUT2D eigenvalue weighted by molar-refractivity contribution is -0.149. The van der Waals surface area contributed by atoms with E-state index < -0.39 is 11.4 Å². The molecular formula is C16H28N2O3. The molecule has 0 unspecified atom stereocenters. The minimum absolute atomic E-state index is 0.226. The average Bonchev–Trinajstić information content (AvgIpc) is 3.28. The van der Waals surface area contributed by atoms with Crippen LogP contribution in [0.1, 0.15) is 64.2 Å². The third-order valence-corrected chi connectivity index (χ3v) is 4.87. The van der Waals surface area contributed by atoms with Crippen molar-refractivity contribution in [3.8, 4) is 0 Å². The molecule has 5 nitrogen and oxygen atoms in total. The monoisotopic (exact) mass is 296 g/mol. The van der Waals surface area contributed by atoms with Crippen LogP contribution in [0.3, 0.4) is 0 Å². The number of rotatable bonds is 7. The molecule has 2 amide bonds. The molecule has 0 atom stereocenters. The average molecular weight is 296 g/mol. The molecule has 120 valence electrons. The van der Waals surface area contributed by atoms with Crippen LogP contribution in [0.2, 0.25) is 0 Å². The maximum atomic E-state index is 11.8. The summed E-state index contributed by atoms with van der Waals surface area (Å²) in [5.74, 6) is 0.120. The summed E-state index contributed by atoms with van der Waals surface area (Å²) in [7, 11) is 0. The number of urea groups is 1. The Bertz CT molecular complexity index is 359. The maximum Gasteiger partial charge on any atom is 0.314 e. The molecular weight excluding hydrogens is 268 g/mol. The predicted molar refractivity (Wildman–Crippen MR) is 81.1 cm³/mol. The summed E-state index contributed by atoms with van der Waals surface area (Å²) in [6.45, 7) is 0.930. The molecule has 0 aliphatic heterocycles. The van der Waals surface area contributed by atoms with Gasteiger partial charge in [-0.15, -0.1) is 0 Å². The van der Waals surface area contributed by atoms with Crippen LogP contribution in [0.15, 0.2) is 0 Å². The summed E-state index contributed by atoms with van der Waals surface area (Å²) in [6, 6.07) is -0.226. The minimum atomic E-state index is -0.765. The summed E-state index contributed by atoms with van der Waals surface area (Å²) >= 11 is 0. The number of hydrogen-bond acceptors (Lipinski definition) is 2. The molecule has 2 aliphatic carbocycles. The fraction of sp³-hybridized carbons (Fsp3) is 0.875. The summed E-state index contributed by atoms with van der Waals surface area (Å²) in [4.78, 5) is 23.4. The first-order chi connectivity index (χ1) is 10.1. The highest BCUT2D eigenvalue weighted by Crippen LogP contribution is 2.35. The fourth-order valence-electron chi connectivity index (χ4n) is 3.18. The number of carboxylic acid groups (broad SMARTS) is 1. The van der Waals surface area contributed by atoms with E-state index >= 15 is 0 Å². The van der Waals surface area contributed by atoms with Gasteiger partial charge in [0.1, 0.15) is 0 Å². The normalized spacial score (nSPS) is 21.3. The third-order valence-electron chi connectivity index (χ3n) is 4.87. The molecule has 5 heteroatoms. The molecule has 3 N–H and O–H groups in total. The molecule has 0 saturated heterocycles. The lowest BCUT2D eigenvalue weighted by atomic mass is 9.80. The van der Waals surface area contributed by atoms with Gasteiger partial charge in [0.2, 0.25) is 0 Å². The van der Waals surface area contributed by atoms with Crippen molar-refractivity contribution in [2.75, 3.05) is 13.1 Å². The number of amides is 2. The van der Waals surface area contributed by atoms with E-state index in [0.717, 1.165) is 38.0 Å². The SMILES string of the molecule is O=C(NCCCC1CC1)NCC1(C(=O)O)CCCCCC1. The molecule has 2 saturated carbocycles. The molecule has 0 aromatic carbocycles. The molecule has 21 heavy (non-hydrogen) atoms. The van der Waals surface area contributed by atoms with E-state index in [4.69, 9.17) is 0 Å². The van der Waals surface area contributed by atoms with Crippen molar-refractivity contribution in [2.45, 2.75) is 64.2 Å². The Kier molecular flexibility index (Phi) is 5.88. The van der Waals surface area contributed by atoms with E-state index in [1.807, 2.05) is 0 Å². The van der Waals surface area contributed by atoms with E-state index in [9.17, 15) is 14.7 Å². The van der Waals surface area contributed by atoms with Gasteiger partial charge in [-0.25, -0.2) is 4.79 Å². The van der Waals surface area contributed by atoms with Crippen LogP contribution in [0, 0.1) is 11.3 Å². The highest BCUT2D eigenvalue weighted by Gasteiger charge is 2.38. The highest BCUT2D eigenvalue weighted by atomic mass is 16.4. The zero-order valence-corrected chi connectivity index (χ0v) is 12.8. The van der Waals surface area contributed by atoms with Crippen LogP contribution in [0.4, 0.5) is 4.79 Å². The molecule has 2 rings (SSSR count). The lowest BCUT2D eigenvalue weighted by Crippen LogP contribution is -2.46. The van der Waals surface area contributed by atoms with Crippen molar-refractivity contribution in [2.24, 2.45) is 11.3 Å². The van der Waals surface area contributed by atoms with Gasteiger partial charge < -0.3 is 15.7 Å². The first-order valence-electron chi connectivity index (χ1n) is 8.37. The van der Waals surface area contributed by atoms with Crippen LogP contribution < -0.4 is 10.6 Å². The van der Waals surface area contributed by atoms with Crippen molar-refractivity contribution in [3.05, 3.63) is 0 Å². The first kappa shape index (κ1) is 16.1. The second-order valence-electron chi connectivity index (χ2n) is 6.69. The van der Waals surface area contributed by atoms with Gasteiger partial charge in [0.25, 0.3) is 0 Å². The Morgan fingerprint density at radius 2 is 1.71 bits per heavy atom. The van der Waals surface area contributed by atoms with Crippen LogP contribution in [-0.4, -0.2) is 30.2 Å². The molecule has 2 aliphatic rings. The number of carboxylic acids is 1. The number of nitrogens with one attached hydrogen (secondary N) is 2. The van der Waals surface area contributed by atoms with E-state index in [0.29, 0.717) is 19.4 Å². The van der Waals surface area contributed by atoms with Crippen LogP contribution in [-0.2, 0) is 4.79 Å². The van der Waals surface area contributed by atoms with Crippen molar-refractivity contribution in [1.82, 2.24) is 10.6 Å². The van der Waals surface area contributed by atoms with Crippen molar-refractivity contribution < 1.29 is 14.7 Å². The predicted octanol–water partition coefficient (Wildman–Crippen LogP) is 2.90. The molecule has 0 aromatic heterocycles. The summed E-state index contributed by atoms with van der Waals surface area (Å²) in [5.41, 5.74) is -0.762. The van der Waals surface area contributed by atoms with Gasteiger partial charge in [0, 0.05) is 13.1 Å². The summed E-state index contributed by atoms with van der Waals surface area (Å²) < 4.78 is 0. The van der Waals surface area contributed by atoms with Gasteiger partial charge >= 0.3 is 12.0 Å². The smallest absolute Gasteiger partial charge is 0.314 e. The van der Waals surface area contributed by atoms with Gasteiger partial charge in [0.15, 0.2) is 0 Å². The lowest BCUT2D eigenvalue weighted by Gasteiger charge is -2.28. The van der Waals surface area contributed by atoms with Gasteiger partial charge in [-0.2, -0.15) is 0 Å². The summed E-state index contributed by atoms with van der Waals surface area (Å²) in [5, 5.41) is 15.1. The number of carbonyl (C=O) groups is 2. The molecule has 0 heterocycles. The number of aliphatic carboxylic acids is 1. The number of carbonyl (C=O) groups excluding carboxylic acids is 1. The zero-order chi connectivity index (χ0) is 15.1. The second kappa shape index (κ2) is 7.66. The second-order valence-corrected chi connectivity index (χ2v) is 6.69. The molecule has 0 bridgehead atoms. The Balaban J connectivity index is 1.69. The van der Waals surface area contributed by atoms with Gasteiger partial charge in [-0.1, -0.05) is 38.5 Å². The minimum Gasteiger partial charge on any atom is -0.481 e. The Hall–Kier alpha value is -1.26. The van der Waals surface area contributed by atoms with Crippen LogP contribution in [0.25, 0.3) is 0 Å². The molecule has 0 aromatic rings. The van der Waals surface area contributed by atoms with Gasteiger partial charge in [-0.3, -0.25) is 4.79 Å². The fourth-order valence-corrected chi connectivity index (χ4v) is 3.18. The zero-order valence-electron chi connectivity index (χ0n) is 12.8. The number of hydrogen-bond donors (Lipinski definition) is 3. The van der Waals surface area contributed by atoms with Crippen molar-refractivity contribution in [1.29, 1.82) is 0 Å². The van der Waals surface area contributed by atoms with Crippen molar-refractivity contribution in [3.63, 3.8) is 0 Å². The van der Waals surface area contributed by atoms with E-state index in [1.165, 1.54) is 19.3 Å².